The number of nitrogens with zero attached hydrogens (tertiary/aromatic N) is 1. The Morgan fingerprint density at radius 1 is 1.46 bits per heavy atom. The molecule has 0 aliphatic heterocycles. The fourth-order valence-corrected chi connectivity index (χ4v) is 1.97. The summed E-state index contributed by atoms with van der Waals surface area (Å²) in [5, 5.41) is 1.21. The molecule has 0 bridgehead atoms. The molecule has 0 aliphatic carbocycles. The third-order valence-corrected chi connectivity index (χ3v) is 3.15. The molecule has 0 spiro atoms. The summed E-state index contributed by atoms with van der Waals surface area (Å²) in [6, 6.07) is 0. The molecular formula is C11H15NS. The average Bonchev–Trinajstić information content (AvgIpc) is 2.44. The predicted octanol–water partition coefficient (Wildman–Crippen LogP) is 3.77. The Morgan fingerprint density at radius 2 is 2.15 bits per heavy atom. The van der Waals surface area contributed by atoms with Crippen LogP contribution in [0.25, 0.3) is 6.08 Å². The standard InChI is InChI=1S/C11H15NS/c1-5-6-7-10-9(4)12-11(13-10)8(2)3/h5-8H,1H2,2-4H3/b7-6-. The van der Waals surface area contributed by atoms with E-state index in [0.29, 0.717) is 5.92 Å². The van der Waals surface area contributed by atoms with Gasteiger partial charge in [-0.1, -0.05) is 32.6 Å². The molecule has 13 heavy (non-hydrogen) atoms. The van der Waals surface area contributed by atoms with Crippen LogP contribution in [-0.2, 0) is 0 Å². The Bertz CT molecular complexity index is 321. The zero-order chi connectivity index (χ0) is 9.84. The van der Waals surface area contributed by atoms with Crippen molar-refractivity contribution >= 4 is 17.4 Å². The number of aromatic nitrogens is 1. The van der Waals surface area contributed by atoms with Crippen molar-refractivity contribution in [2.24, 2.45) is 0 Å². The number of aryl methyl sites for hydroxylation is 1. The first-order valence-corrected chi connectivity index (χ1v) is 5.23. The molecule has 1 rings (SSSR count). The molecule has 0 amide bonds. The van der Waals surface area contributed by atoms with Gasteiger partial charge in [-0.25, -0.2) is 4.98 Å². The van der Waals surface area contributed by atoms with Gasteiger partial charge in [0.1, 0.15) is 0 Å². The Balaban J connectivity index is 2.96. The molecular weight excluding hydrogens is 178 g/mol. The van der Waals surface area contributed by atoms with Crippen LogP contribution < -0.4 is 0 Å². The quantitative estimate of drug-likeness (QED) is 0.666. The van der Waals surface area contributed by atoms with Crippen LogP contribution >= 0.6 is 11.3 Å². The van der Waals surface area contributed by atoms with Crippen molar-refractivity contribution in [3.8, 4) is 0 Å². The minimum absolute atomic E-state index is 0.523. The van der Waals surface area contributed by atoms with E-state index in [9.17, 15) is 0 Å². The molecule has 1 nitrogen and oxygen atoms in total. The summed E-state index contributed by atoms with van der Waals surface area (Å²) >= 11 is 1.76. The van der Waals surface area contributed by atoms with Gasteiger partial charge in [-0.3, -0.25) is 0 Å². The van der Waals surface area contributed by atoms with Crippen molar-refractivity contribution in [2.45, 2.75) is 26.7 Å². The summed E-state index contributed by atoms with van der Waals surface area (Å²) in [5.74, 6) is 0.523. The Hall–Kier alpha value is -0.890. The SMILES string of the molecule is C=C/C=C\c1sc(C(C)C)nc1C. The lowest BCUT2D eigenvalue weighted by Gasteiger charge is -1.94. The van der Waals surface area contributed by atoms with Gasteiger partial charge < -0.3 is 0 Å². The molecule has 0 fully saturated rings. The third kappa shape index (κ3) is 2.52. The van der Waals surface area contributed by atoms with Crippen molar-refractivity contribution in [1.82, 2.24) is 4.98 Å². The molecule has 0 saturated heterocycles. The fourth-order valence-electron chi connectivity index (χ4n) is 0.987. The van der Waals surface area contributed by atoms with Gasteiger partial charge in [0.2, 0.25) is 0 Å². The Labute approximate surface area is 83.8 Å². The van der Waals surface area contributed by atoms with E-state index in [4.69, 9.17) is 0 Å². The minimum atomic E-state index is 0.523. The Morgan fingerprint density at radius 3 is 2.62 bits per heavy atom. The highest BCUT2D eigenvalue weighted by Crippen LogP contribution is 2.25. The summed E-state index contributed by atoms with van der Waals surface area (Å²) in [5.41, 5.74) is 1.12. The Kier molecular flexibility index (Phi) is 3.43. The van der Waals surface area contributed by atoms with Crippen molar-refractivity contribution in [2.75, 3.05) is 0 Å². The van der Waals surface area contributed by atoms with Gasteiger partial charge in [-0.2, -0.15) is 0 Å². The van der Waals surface area contributed by atoms with Crippen LogP contribution in [0, 0.1) is 6.92 Å². The molecule has 70 valence electrons. The smallest absolute Gasteiger partial charge is 0.0959 e. The van der Waals surface area contributed by atoms with Crippen LogP contribution in [0.4, 0.5) is 0 Å². The van der Waals surface area contributed by atoms with Crippen LogP contribution in [0.3, 0.4) is 0 Å². The van der Waals surface area contributed by atoms with Crippen LogP contribution in [0.15, 0.2) is 18.7 Å². The maximum Gasteiger partial charge on any atom is 0.0959 e. The maximum atomic E-state index is 4.50. The van der Waals surface area contributed by atoms with Gasteiger partial charge in [0, 0.05) is 5.92 Å². The van der Waals surface area contributed by atoms with Crippen molar-refractivity contribution in [3.63, 3.8) is 0 Å². The molecule has 1 aromatic heterocycles. The van der Waals surface area contributed by atoms with Gasteiger partial charge in [0.05, 0.1) is 15.6 Å². The number of hydrogen-bond donors (Lipinski definition) is 0. The molecule has 0 aliphatic rings. The van der Waals surface area contributed by atoms with Crippen LogP contribution in [0.5, 0.6) is 0 Å². The first kappa shape index (κ1) is 10.2. The molecule has 0 atom stereocenters. The molecule has 0 aromatic carbocycles. The molecule has 1 aromatic rings. The van der Waals surface area contributed by atoms with E-state index >= 15 is 0 Å². The highest BCUT2D eigenvalue weighted by atomic mass is 32.1. The summed E-state index contributed by atoms with van der Waals surface area (Å²) < 4.78 is 0. The maximum absolute atomic E-state index is 4.50. The van der Waals surface area contributed by atoms with Crippen molar-refractivity contribution in [1.29, 1.82) is 0 Å². The molecule has 1 heterocycles. The number of thiazole rings is 1. The summed E-state index contributed by atoms with van der Waals surface area (Å²) in [6.45, 7) is 10.0. The first-order valence-electron chi connectivity index (χ1n) is 4.41. The second-order valence-corrected chi connectivity index (χ2v) is 4.31. The van der Waals surface area contributed by atoms with Crippen molar-refractivity contribution < 1.29 is 0 Å². The van der Waals surface area contributed by atoms with Gasteiger partial charge in [0.15, 0.2) is 0 Å². The molecule has 0 unspecified atom stereocenters. The largest absolute Gasteiger partial charge is 0.246 e. The normalized spacial score (nSPS) is 11.4. The topological polar surface area (TPSA) is 12.9 Å². The lowest BCUT2D eigenvalue weighted by Crippen LogP contribution is -1.84. The molecule has 0 saturated carbocycles. The molecule has 0 radical (unpaired) electrons. The average molecular weight is 193 g/mol. The summed E-state index contributed by atoms with van der Waals surface area (Å²) in [4.78, 5) is 5.74. The monoisotopic (exact) mass is 193 g/mol. The van der Waals surface area contributed by atoms with E-state index in [-0.39, 0.29) is 0 Å². The van der Waals surface area contributed by atoms with E-state index < -0.39 is 0 Å². The summed E-state index contributed by atoms with van der Waals surface area (Å²) in [7, 11) is 0. The number of hydrogen-bond acceptors (Lipinski definition) is 2. The molecule has 2 heteroatoms. The minimum Gasteiger partial charge on any atom is -0.246 e. The number of rotatable bonds is 3. The van der Waals surface area contributed by atoms with E-state index in [1.807, 2.05) is 13.0 Å². The summed E-state index contributed by atoms with van der Waals surface area (Å²) in [6.07, 6.45) is 5.80. The lowest BCUT2D eigenvalue weighted by atomic mass is 10.2. The highest BCUT2D eigenvalue weighted by Gasteiger charge is 2.07. The zero-order valence-electron chi connectivity index (χ0n) is 8.37. The van der Waals surface area contributed by atoms with Crippen LogP contribution in [0.2, 0.25) is 0 Å². The van der Waals surface area contributed by atoms with Crippen LogP contribution in [0.1, 0.15) is 35.3 Å². The van der Waals surface area contributed by atoms with Gasteiger partial charge in [-0.15, -0.1) is 11.3 Å². The molecule has 0 N–H and O–H groups in total. The fraction of sp³-hybridized carbons (Fsp3) is 0.364. The second-order valence-electron chi connectivity index (χ2n) is 3.25. The predicted molar refractivity (Wildman–Crippen MR) is 60.2 cm³/mol. The second kappa shape index (κ2) is 4.38. The van der Waals surface area contributed by atoms with Crippen LogP contribution in [-0.4, -0.2) is 4.98 Å². The zero-order valence-corrected chi connectivity index (χ0v) is 9.19. The van der Waals surface area contributed by atoms with Gasteiger partial charge in [0.25, 0.3) is 0 Å². The van der Waals surface area contributed by atoms with E-state index in [1.165, 1.54) is 9.88 Å². The van der Waals surface area contributed by atoms with Crippen molar-refractivity contribution in [3.05, 3.63) is 34.3 Å². The first-order chi connectivity index (χ1) is 6.15. The lowest BCUT2D eigenvalue weighted by molar-refractivity contribution is 0.847. The number of allylic oxidation sites excluding steroid dienone is 2. The van der Waals surface area contributed by atoms with E-state index in [0.717, 1.165) is 5.69 Å². The van der Waals surface area contributed by atoms with E-state index in [2.05, 4.69) is 31.5 Å². The van der Waals surface area contributed by atoms with E-state index in [1.54, 1.807) is 17.4 Å². The highest BCUT2D eigenvalue weighted by molar-refractivity contribution is 7.12. The van der Waals surface area contributed by atoms with Gasteiger partial charge >= 0.3 is 0 Å². The van der Waals surface area contributed by atoms with Gasteiger partial charge in [-0.05, 0) is 13.0 Å². The third-order valence-electron chi connectivity index (χ3n) is 1.73.